The fraction of sp³-hybridized carbons (Fsp3) is 0.440. The molecule has 4 rings (SSSR count). The Morgan fingerprint density at radius 1 is 1.14 bits per heavy atom. The van der Waals surface area contributed by atoms with E-state index < -0.39 is 17.4 Å². The Kier molecular flexibility index (Phi) is 7.26. The number of alkyl halides is 4. The van der Waals surface area contributed by atoms with E-state index in [1.165, 1.54) is 13.2 Å². The molecule has 3 aromatic rings. The summed E-state index contributed by atoms with van der Waals surface area (Å²) in [7, 11) is 1.49. The Hall–Kier alpha value is -2.81. The average molecular weight is 512 g/mol. The molecule has 0 bridgehead atoms. The van der Waals surface area contributed by atoms with Crippen molar-refractivity contribution in [1.82, 2.24) is 15.0 Å². The highest BCUT2D eigenvalue weighted by Gasteiger charge is 2.35. The minimum atomic E-state index is -4.44. The van der Waals surface area contributed by atoms with Gasteiger partial charge in [0.2, 0.25) is 0 Å². The maximum Gasteiger partial charge on any atom is 0.417 e. The first-order valence-corrected chi connectivity index (χ1v) is 11.8. The lowest BCUT2D eigenvalue weighted by atomic mass is 9.78. The molecule has 1 aromatic carbocycles. The monoisotopic (exact) mass is 511 g/mol. The van der Waals surface area contributed by atoms with Crippen LogP contribution in [-0.2, 0) is 12.8 Å². The lowest BCUT2D eigenvalue weighted by Crippen LogP contribution is -2.28. The van der Waals surface area contributed by atoms with Crippen LogP contribution in [0.2, 0.25) is 5.15 Å². The number of rotatable bonds is 7. The maximum atomic E-state index is 14.6. The predicted octanol–water partition coefficient (Wildman–Crippen LogP) is 7.51. The number of imidazole rings is 1. The number of benzene rings is 1. The number of ether oxygens (including phenoxy) is 2. The van der Waals surface area contributed by atoms with Gasteiger partial charge in [-0.25, -0.2) is 9.37 Å². The Balaban J connectivity index is 1.47. The third kappa shape index (κ3) is 5.72. The second-order valence-corrected chi connectivity index (χ2v) is 9.13. The molecular weight excluding hydrogens is 486 g/mol. The highest BCUT2D eigenvalue weighted by atomic mass is 35.5. The number of pyridine rings is 1. The summed E-state index contributed by atoms with van der Waals surface area (Å²) in [6.45, 7) is 1.85. The molecule has 0 atom stereocenters. The smallest absolute Gasteiger partial charge is 0.417 e. The molecule has 1 aliphatic carbocycles. The standard InChI is InChI=1S/C25H26ClF4N3O2/c1-3-24(27)10-8-15(9-11-24)23-32-21(22(26)33-23)16-4-7-19(20(12-16)34-2)35-14-18-6-5-17(13-31-18)25(28,29)30/h4-7,12-13,15H,3,8-11,14H2,1-2H3,(H,32,33). The van der Waals surface area contributed by atoms with Crippen molar-refractivity contribution >= 4 is 11.6 Å². The number of hydrogen-bond acceptors (Lipinski definition) is 4. The van der Waals surface area contributed by atoms with Crippen LogP contribution in [0.5, 0.6) is 11.5 Å². The summed E-state index contributed by atoms with van der Waals surface area (Å²) >= 11 is 6.45. The van der Waals surface area contributed by atoms with Crippen LogP contribution >= 0.6 is 11.6 Å². The summed E-state index contributed by atoms with van der Waals surface area (Å²) in [4.78, 5) is 11.7. The normalized spacial score (nSPS) is 20.6. The number of halogens is 5. The van der Waals surface area contributed by atoms with Gasteiger partial charge in [-0.05, 0) is 62.4 Å². The zero-order chi connectivity index (χ0) is 25.2. The van der Waals surface area contributed by atoms with E-state index in [0.29, 0.717) is 65.7 Å². The van der Waals surface area contributed by atoms with Crippen LogP contribution in [0.25, 0.3) is 11.3 Å². The van der Waals surface area contributed by atoms with Crippen LogP contribution in [0.3, 0.4) is 0 Å². The van der Waals surface area contributed by atoms with E-state index in [2.05, 4.69) is 9.97 Å². The Morgan fingerprint density at radius 3 is 2.49 bits per heavy atom. The summed E-state index contributed by atoms with van der Waals surface area (Å²) in [5.41, 5.74) is -0.297. The van der Waals surface area contributed by atoms with E-state index in [4.69, 9.17) is 26.1 Å². The van der Waals surface area contributed by atoms with Gasteiger partial charge in [-0.1, -0.05) is 18.5 Å². The zero-order valence-corrected chi connectivity index (χ0v) is 20.1. The predicted molar refractivity (Wildman–Crippen MR) is 124 cm³/mol. The quantitative estimate of drug-likeness (QED) is 0.333. The van der Waals surface area contributed by atoms with Crippen molar-refractivity contribution in [2.24, 2.45) is 0 Å². The molecule has 10 heteroatoms. The maximum absolute atomic E-state index is 14.6. The van der Waals surface area contributed by atoms with Gasteiger partial charge in [-0.3, -0.25) is 4.98 Å². The third-order valence-electron chi connectivity index (χ3n) is 6.54. The van der Waals surface area contributed by atoms with Gasteiger partial charge in [-0.2, -0.15) is 13.2 Å². The lowest BCUT2D eigenvalue weighted by Gasteiger charge is -2.32. The number of H-pyrrole nitrogens is 1. The molecule has 2 aromatic heterocycles. The van der Waals surface area contributed by atoms with Crippen molar-refractivity contribution < 1.29 is 27.0 Å². The van der Waals surface area contributed by atoms with E-state index in [-0.39, 0.29) is 12.5 Å². The minimum absolute atomic E-state index is 0.0311. The molecule has 188 valence electrons. The van der Waals surface area contributed by atoms with E-state index in [1.807, 2.05) is 6.92 Å². The van der Waals surface area contributed by atoms with Crippen LogP contribution in [0.4, 0.5) is 17.6 Å². The van der Waals surface area contributed by atoms with Crippen molar-refractivity contribution in [3.05, 3.63) is 58.8 Å². The van der Waals surface area contributed by atoms with Crippen LogP contribution in [0.15, 0.2) is 36.5 Å². The van der Waals surface area contributed by atoms with E-state index in [1.54, 1.807) is 18.2 Å². The number of nitrogens with zero attached hydrogens (tertiary/aromatic N) is 2. The average Bonchev–Trinajstić information content (AvgIpc) is 3.24. The van der Waals surface area contributed by atoms with Gasteiger partial charge in [0.05, 0.1) is 18.4 Å². The molecule has 1 fully saturated rings. The lowest BCUT2D eigenvalue weighted by molar-refractivity contribution is -0.137. The third-order valence-corrected chi connectivity index (χ3v) is 6.82. The number of aromatic amines is 1. The Bertz CT molecular complexity index is 1160. The van der Waals surface area contributed by atoms with Crippen molar-refractivity contribution in [1.29, 1.82) is 0 Å². The summed E-state index contributed by atoms with van der Waals surface area (Å²) in [5, 5.41) is 0.386. The molecular formula is C25H26ClF4N3O2. The summed E-state index contributed by atoms with van der Waals surface area (Å²) in [6.07, 6.45) is -0.706. The summed E-state index contributed by atoms with van der Waals surface area (Å²) < 4.78 is 63.9. The summed E-state index contributed by atoms with van der Waals surface area (Å²) in [6, 6.07) is 7.42. The summed E-state index contributed by atoms with van der Waals surface area (Å²) in [5.74, 6) is 1.68. The molecule has 2 heterocycles. The van der Waals surface area contributed by atoms with Crippen molar-refractivity contribution in [2.75, 3.05) is 7.11 Å². The van der Waals surface area contributed by atoms with Crippen LogP contribution in [0.1, 0.15) is 62.0 Å². The fourth-order valence-electron chi connectivity index (χ4n) is 4.28. The molecule has 5 nitrogen and oxygen atoms in total. The zero-order valence-electron chi connectivity index (χ0n) is 19.4. The first-order valence-electron chi connectivity index (χ1n) is 11.4. The highest BCUT2D eigenvalue weighted by Crippen LogP contribution is 2.42. The molecule has 1 N–H and O–H groups in total. The fourth-order valence-corrected chi connectivity index (χ4v) is 4.53. The van der Waals surface area contributed by atoms with Gasteiger partial charge >= 0.3 is 6.18 Å². The number of aromatic nitrogens is 3. The van der Waals surface area contributed by atoms with E-state index >= 15 is 0 Å². The number of nitrogens with one attached hydrogen (secondary N) is 1. The Labute approximate surface area is 205 Å². The molecule has 0 radical (unpaired) electrons. The van der Waals surface area contributed by atoms with Gasteiger partial charge in [0, 0.05) is 17.7 Å². The van der Waals surface area contributed by atoms with E-state index in [0.717, 1.165) is 18.1 Å². The molecule has 0 amide bonds. The van der Waals surface area contributed by atoms with Crippen molar-refractivity contribution in [3.8, 4) is 22.8 Å². The van der Waals surface area contributed by atoms with Crippen molar-refractivity contribution in [2.45, 2.75) is 63.4 Å². The van der Waals surface area contributed by atoms with Gasteiger partial charge < -0.3 is 14.5 Å². The molecule has 0 aliphatic heterocycles. The van der Waals surface area contributed by atoms with Gasteiger partial charge in [-0.15, -0.1) is 0 Å². The van der Waals surface area contributed by atoms with Gasteiger partial charge in [0.1, 0.15) is 28.9 Å². The number of methoxy groups -OCH3 is 1. The Morgan fingerprint density at radius 2 is 1.89 bits per heavy atom. The van der Waals surface area contributed by atoms with Gasteiger partial charge in [0.25, 0.3) is 0 Å². The number of hydrogen-bond donors (Lipinski definition) is 1. The topological polar surface area (TPSA) is 60.0 Å². The molecule has 1 aliphatic rings. The van der Waals surface area contributed by atoms with Crippen LogP contribution < -0.4 is 9.47 Å². The minimum Gasteiger partial charge on any atom is -0.493 e. The highest BCUT2D eigenvalue weighted by molar-refractivity contribution is 6.31. The molecule has 0 unspecified atom stereocenters. The van der Waals surface area contributed by atoms with Crippen molar-refractivity contribution in [3.63, 3.8) is 0 Å². The molecule has 0 spiro atoms. The second-order valence-electron chi connectivity index (χ2n) is 8.75. The first-order chi connectivity index (χ1) is 16.6. The van der Waals surface area contributed by atoms with Gasteiger partial charge in [0.15, 0.2) is 11.5 Å². The largest absolute Gasteiger partial charge is 0.493 e. The van der Waals surface area contributed by atoms with E-state index in [9.17, 15) is 17.6 Å². The first kappa shape index (κ1) is 25.3. The van der Waals surface area contributed by atoms with Crippen LogP contribution in [-0.4, -0.2) is 27.7 Å². The molecule has 35 heavy (non-hydrogen) atoms. The molecule has 1 saturated carbocycles. The molecule has 0 saturated heterocycles. The second kappa shape index (κ2) is 10.0. The SMILES string of the molecule is CCC1(F)CCC(c2nc(-c3ccc(OCc4ccc(C(F)(F)F)cn4)c(OC)c3)c(Cl)[nH]2)CC1. The van der Waals surface area contributed by atoms with Crippen LogP contribution in [0, 0.1) is 0 Å².